The zero-order valence-corrected chi connectivity index (χ0v) is 11.4. The van der Waals surface area contributed by atoms with Crippen molar-refractivity contribution in [2.75, 3.05) is 23.5 Å². The molecule has 0 aliphatic carbocycles. The fourth-order valence-corrected chi connectivity index (χ4v) is 1.38. The lowest BCUT2D eigenvalue weighted by Crippen LogP contribution is -2.26. The molecule has 1 rings (SSSR count). The average Bonchev–Trinajstić information content (AvgIpc) is 2.36. The molecule has 0 bridgehead atoms. The van der Waals surface area contributed by atoms with Crippen LogP contribution in [0.5, 0.6) is 0 Å². The predicted molar refractivity (Wildman–Crippen MR) is 74.8 cm³/mol. The van der Waals surface area contributed by atoms with Gasteiger partial charge >= 0.3 is 0 Å². The molecule has 0 aliphatic heterocycles. The molecule has 0 atom stereocenters. The normalized spacial score (nSPS) is 11.1. The summed E-state index contributed by atoms with van der Waals surface area (Å²) in [6, 6.07) is 2.67. The van der Waals surface area contributed by atoms with Gasteiger partial charge in [-0.2, -0.15) is 11.8 Å². The number of nitro groups is 1. The molecule has 0 aliphatic rings. The van der Waals surface area contributed by atoms with E-state index in [1.165, 1.54) is 12.1 Å². The second kappa shape index (κ2) is 5.87. The number of pyridine rings is 1. The molecular weight excluding hydrogens is 254 g/mol. The van der Waals surface area contributed by atoms with Gasteiger partial charge in [0.25, 0.3) is 5.69 Å². The van der Waals surface area contributed by atoms with Crippen molar-refractivity contribution in [3.05, 3.63) is 22.2 Å². The van der Waals surface area contributed by atoms with Gasteiger partial charge in [-0.3, -0.25) is 10.1 Å². The van der Waals surface area contributed by atoms with Crippen molar-refractivity contribution in [3.63, 3.8) is 0 Å². The number of nitrogens with two attached hydrogens (primary N) is 1. The highest BCUT2D eigenvalue weighted by Crippen LogP contribution is 2.24. The summed E-state index contributed by atoms with van der Waals surface area (Å²) in [6.45, 7) is 4.79. The predicted octanol–water partition coefficient (Wildman–Crippen LogP) is 1.83. The maximum absolute atomic E-state index is 10.8. The Bertz CT molecular complexity index is 438. The summed E-state index contributed by atoms with van der Waals surface area (Å²) >= 11 is 1.70. The van der Waals surface area contributed by atoms with Crippen LogP contribution < -0.4 is 16.6 Å². The number of hydrogen-bond donors (Lipinski definition) is 3. The van der Waals surface area contributed by atoms with Gasteiger partial charge in [0, 0.05) is 11.3 Å². The van der Waals surface area contributed by atoms with Crippen LogP contribution >= 0.6 is 11.8 Å². The topological polar surface area (TPSA) is 106 Å². The van der Waals surface area contributed by atoms with Crippen molar-refractivity contribution in [2.45, 2.75) is 18.6 Å². The minimum absolute atomic E-state index is 0.0165. The molecule has 0 aromatic carbocycles. The minimum Gasteiger partial charge on any atom is -0.368 e. The number of nitrogens with zero attached hydrogens (tertiary/aromatic N) is 2. The van der Waals surface area contributed by atoms with Crippen LogP contribution in [0.3, 0.4) is 0 Å². The van der Waals surface area contributed by atoms with E-state index in [-0.39, 0.29) is 16.3 Å². The van der Waals surface area contributed by atoms with Gasteiger partial charge in [-0.05, 0) is 20.1 Å². The fourth-order valence-electron chi connectivity index (χ4n) is 1.16. The van der Waals surface area contributed by atoms with Crippen LogP contribution in [0.15, 0.2) is 12.1 Å². The van der Waals surface area contributed by atoms with E-state index in [1.807, 2.05) is 6.26 Å². The molecule has 0 saturated carbocycles. The molecule has 1 heterocycles. The number of anilines is 2. The largest absolute Gasteiger partial charge is 0.368 e. The fraction of sp³-hybridized carbons (Fsp3) is 0.500. The van der Waals surface area contributed by atoms with Gasteiger partial charge in [0.1, 0.15) is 11.6 Å². The lowest BCUT2D eigenvalue weighted by Gasteiger charge is -2.22. The zero-order valence-electron chi connectivity index (χ0n) is 10.6. The van der Waals surface area contributed by atoms with Crippen LogP contribution in [-0.2, 0) is 0 Å². The molecule has 1 aromatic heterocycles. The Morgan fingerprint density at radius 3 is 2.61 bits per heavy atom. The molecule has 4 N–H and O–H groups in total. The third-order valence-corrected chi connectivity index (χ3v) is 3.67. The summed E-state index contributed by atoms with van der Waals surface area (Å²) in [5, 5.41) is 13.8. The summed E-state index contributed by atoms with van der Waals surface area (Å²) < 4.78 is 0.0165. The van der Waals surface area contributed by atoms with Crippen LogP contribution in [0, 0.1) is 10.1 Å². The summed E-state index contributed by atoms with van der Waals surface area (Å²) in [6.07, 6.45) is 2.01. The molecule has 18 heavy (non-hydrogen) atoms. The molecule has 0 radical (unpaired) electrons. The standard InChI is InChI=1S/C10H17N5O2S/c1-10(2,18-3)6-12-8-4-7(15(16)17)5-9(13-8)14-11/h4-5H,6,11H2,1-3H3,(H2,12,13,14). The van der Waals surface area contributed by atoms with Gasteiger partial charge < -0.3 is 10.7 Å². The Balaban J connectivity index is 2.88. The Kier molecular flexibility index (Phi) is 4.74. The van der Waals surface area contributed by atoms with Gasteiger partial charge in [0.15, 0.2) is 0 Å². The van der Waals surface area contributed by atoms with Crippen molar-refractivity contribution in [2.24, 2.45) is 5.84 Å². The molecule has 0 fully saturated rings. The van der Waals surface area contributed by atoms with Crippen molar-refractivity contribution in [1.82, 2.24) is 4.98 Å². The van der Waals surface area contributed by atoms with Crippen molar-refractivity contribution in [1.29, 1.82) is 0 Å². The molecule has 0 unspecified atom stereocenters. The Morgan fingerprint density at radius 1 is 1.50 bits per heavy atom. The van der Waals surface area contributed by atoms with E-state index >= 15 is 0 Å². The lowest BCUT2D eigenvalue weighted by atomic mass is 10.2. The smallest absolute Gasteiger partial charge is 0.276 e. The first kappa shape index (κ1) is 14.5. The van der Waals surface area contributed by atoms with Gasteiger partial charge in [-0.15, -0.1) is 0 Å². The van der Waals surface area contributed by atoms with E-state index in [9.17, 15) is 10.1 Å². The summed E-state index contributed by atoms with van der Waals surface area (Å²) in [5.41, 5.74) is 2.26. The second-order valence-corrected chi connectivity index (χ2v) is 5.83. The number of hydrogen-bond acceptors (Lipinski definition) is 7. The second-order valence-electron chi connectivity index (χ2n) is 4.31. The Morgan fingerprint density at radius 2 is 2.11 bits per heavy atom. The monoisotopic (exact) mass is 271 g/mol. The van der Waals surface area contributed by atoms with Gasteiger partial charge in [-0.1, -0.05) is 0 Å². The molecule has 7 nitrogen and oxygen atoms in total. The van der Waals surface area contributed by atoms with E-state index in [2.05, 4.69) is 29.6 Å². The highest BCUT2D eigenvalue weighted by Gasteiger charge is 2.17. The quantitative estimate of drug-likeness (QED) is 0.411. The summed E-state index contributed by atoms with van der Waals surface area (Å²) in [7, 11) is 0. The SMILES string of the molecule is CSC(C)(C)CNc1cc([N+](=O)[O-])cc(NN)n1. The molecule has 1 aromatic rings. The minimum atomic E-state index is -0.479. The summed E-state index contributed by atoms with van der Waals surface area (Å²) in [4.78, 5) is 14.4. The van der Waals surface area contributed by atoms with Gasteiger partial charge in [0.2, 0.25) is 0 Å². The van der Waals surface area contributed by atoms with Crippen molar-refractivity contribution < 1.29 is 4.92 Å². The van der Waals surface area contributed by atoms with Crippen LogP contribution in [0.25, 0.3) is 0 Å². The highest BCUT2D eigenvalue weighted by atomic mass is 32.2. The van der Waals surface area contributed by atoms with Crippen LogP contribution in [0.2, 0.25) is 0 Å². The van der Waals surface area contributed by atoms with Crippen LogP contribution in [0.4, 0.5) is 17.3 Å². The maximum Gasteiger partial charge on any atom is 0.276 e. The maximum atomic E-state index is 10.8. The van der Waals surface area contributed by atoms with E-state index in [1.54, 1.807) is 11.8 Å². The van der Waals surface area contributed by atoms with Gasteiger partial charge in [0.05, 0.1) is 17.1 Å². The molecule has 100 valence electrons. The third kappa shape index (κ3) is 4.04. The van der Waals surface area contributed by atoms with Crippen molar-refractivity contribution >= 4 is 29.1 Å². The average molecular weight is 271 g/mol. The Labute approximate surface area is 110 Å². The van der Waals surface area contributed by atoms with E-state index in [0.29, 0.717) is 12.4 Å². The number of hydrazine groups is 1. The number of rotatable bonds is 6. The molecular formula is C10H17N5O2S. The molecule has 0 amide bonds. The molecule has 0 saturated heterocycles. The first-order valence-electron chi connectivity index (χ1n) is 5.30. The molecule has 8 heteroatoms. The van der Waals surface area contributed by atoms with Crippen molar-refractivity contribution in [3.8, 4) is 0 Å². The van der Waals surface area contributed by atoms with E-state index in [0.717, 1.165) is 0 Å². The first-order valence-corrected chi connectivity index (χ1v) is 6.52. The molecule has 0 spiro atoms. The van der Waals surface area contributed by atoms with Gasteiger partial charge in [-0.25, -0.2) is 10.8 Å². The number of nitrogens with one attached hydrogen (secondary N) is 2. The number of nitrogen functional groups attached to an aromatic ring is 1. The van der Waals surface area contributed by atoms with E-state index < -0.39 is 4.92 Å². The lowest BCUT2D eigenvalue weighted by molar-refractivity contribution is -0.384. The third-order valence-electron chi connectivity index (χ3n) is 2.42. The number of aromatic nitrogens is 1. The number of thioether (sulfide) groups is 1. The Hall–Kier alpha value is -1.54. The summed E-state index contributed by atoms with van der Waals surface area (Å²) in [5.74, 6) is 5.92. The van der Waals surface area contributed by atoms with E-state index in [4.69, 9.17) is 5.84 Å². The first-order chi connectivity index (χ1) is 8.38. The van der Waals surface area contributed by atoms with Crippen LogP contribution in [0.1, 0.15) is 13.8 Å². The van der Waals surface area contributed by atoms with Crippen LogP contribution in [-0.4, -0.2) is 27.5 Å². The highest BCUT2D eigenvalue weighted by molar-refractivity contribution is 7.99. The zero-order chi connectivity index (χ0) is 13.8.